The number of hydrogen-bond donors (Lipinski definition) is 1. The third-order valence-electron chi connectivity index (χ3n) is 2.13. The van der Waals surface area contributed by atoms with Crippen molar-refractivity contribution in [2.75, 3.05) is 13.1 Å². The molecule has 17 heavy (non-hydrogen) atoms. The van der Waals surface area contributed by atoms with Crippen LogP contribution in [-0.4, -0.2) is 40.2 Å². The Balaban J connectivity index is 2.78. The van der Waals surface area contributed by atoms with E-state index in [4.69, 9.17) is 5.11 Å². The molecule has 0 radical (unpaired) electrons. The van der Waals surface area contributed by atoms with Gasteiger partial charge in [0.15, 0.2) is 0 Å². The fourth-order valence-corrected chi connectivity index (χ4v) is 2.06. The van der Waals surface area contributed by atoms with Crippen LogP contribution in [0.25, 0.3) is 0 Å². The smallest absolute Gasteiger partial charge is 0.401 e. The highest BCUT2D eigenvalue weighted by atomic mass is 32.1. The lowest BCUT2D eigenvalue weighted by atomic mass is 10.2. The van der Waals surface area contributed by atoms with E-state index in [-0.39, 0.29) is 0 Å². The van der Waals surface area contributed by atoms with Gasteiger partial charge < -0.3 is 5.11 Å². The summed E-state index contributed by atoms with van der Waals surface area (Å²) in [6.07, 6.45) is -2.98. The highest BCUT2D eigenvalue weighted by Gasteiger charge is 2.34. The van der Waals surface area contributed by atoms with Crippen molar-refractivity contribution in [3.63, 3.8) is 0 Å². The molecule has 0 bridgehead atoms. The molecule has 4 nitrogen and oxygen atoms in total. The number of carboxylic acid groups (broad SMARTS) is 1. The van der Waals surface area contributed by atoms with E-state index in [1.807, 2.05) is 0 Å². The number of nitrogens with zero attached hydrogens (tertiary/aromatic N) is 2. The average molecular weight is 268 g/mol. The Hall–Kier alpha value is -1.15. The van der Waals surface area contributed by atoms with Gasteiger partial charge in [0.1, 0.15) is 0 Å². The van der Waals surface area contributed by atoms with Crippen molar-refractivity contribution < 1.29 is 23.1 Å². The van der Waals surface area contributed by atoms with E-state index in [0.717, 1.165) is 4.90 Å². The molecule has 1 atom stereocenters. The SMILES string of the molecule is CC(c1cncs1)N(CC(=O)O)CC(F)(F)F. The van der Waals surface area contributed by atoms with E-state index in [1.54, 1.807) is 0 Å². The van der Waals surface area contributed by atoms with Crippen molar-refractivity contribution >= 4 is 17.3 Å². The second kappa shape index (κ2) is 5.46. The van der Waals surface area contributed by atoms with Crippen LogP contribution in [0.2, 0.25) is 0 Å². The molecule has 0 aliphatic heterocycles. The molecule has 0 fully saturated rings. The van der Waals surface area contributed by atoms with Crippen LogP contribution in [0.3, 0.4) is 0 Å². The Bertz CT molecular complexity index is 367. The van der Waals surface area contributed by atoms with Crippen molar-refractivity contribution in [3.8, 4) is 0 Å². The molecule has 96 valence electrons. The second-order valence-electron chi connectivity index (χ2n) is 3.49. The van der Waals surface area contributed by atoms with Gasteiger partial charge in [0, 0.05) is 17.1 Å². The summed E-state index contributed by atoms with van der Waals surface area (Å²) in [7, 11) is 0. The fraction of sp³-hybridized carbons (Fsp3) is 0.556. The number of aliphatic carboxylic acids is 1. The summed E-state index contributed by atoms with van der Waals surface area (Å²) in [6, 6.07) is -0.625. The number of thiazole rings is 1. The summed E-state index contributed by atoms with van der Waals surface area (Å²) in [6.45, 7) is -0.376. The van der Waals surface area contributed by atoms with Crippen molar-refractivity contribution in [2.24, 2.45) is 0 Å². The molecule has 0 aromatic carbocycles. The molecule has 8 heteroatoms. The lowest BCUT2D eigenvalue weighted by Crippen LogP contribution is -2.39. The second-order valence-corrected chi connectivity index (χ2v) is 4.41. The molecule has 1 heterocycles. The molecule has 0 aliphatic carbocycles. The van der Waals surface area contributed by atoms with Crippen molar-refractivity contribution in [3.05, 3.63) is 16.6 Å². The summed E-state index contributed by atoms with van der Waals surface area (Å²) in [5.74, 6) is -1.29. The molecule has 0 spiro atoms. The van der Waals surface area contributed by atoms with Crippen LogP contribution in [0.5, 0.6) is 0 Å². The van der Waals surface area contributed by atoms with E-state index in [0.29, 0.717) is 4.88 Å². The zero-order chi connectivity index (χ0) is 13.1. The fourth-order valence-electron chi connectivity index (χ4n) is 1.35. The minimum atomic E-state index is -4.42. The zero-order valence-corrected chi connectivity index (χ0v) is 9.75. The predicted molar refractivity (Wildman–Crippen MR) is 55.8 cm³/mol. The summed E-state index contributed by atoms with van der Waals surface area (Å²) >= 11 is 1.20. The van der Waals surface area contributed by atoms with Crippen LogP contribution < -0.4 is 0 Å². The quantitative estimate of drug-likeness (QED) is 0.889. The number of aromatic nitrogens is 1. The molecule has 1 unspecified atom stereocenters. The number of carboxylic acids is 1. The summed E-state index contributed by atoms with van der Waals surface area (Å²) in [5, 5.41) is 8.61. The normalized spacial score (nSPS) is 13.9. The molecular weight excluding hydrogens is 257 g/mol. The molecular formula is C9H11F3N2O2S. The highest BCUT2D eigenvalue weighted by molar-refractivity contribution is 7.09. The standard InChI is InChI=1S/C9H11F3N2O2S/c1-6(7-2-13-5-17-7)14(3-8(15)16)4-9(10,11)12/h2,5-6H,3-4H2,1H3,(H,15,16). The van der Waals surface area contributed by atoms with E-state index in [1.165, 1.54) is 30.0 Å². The highest BCUT2D eigenvalue weighted by Crippen LogP contribution is 2.27. The first-order valence-electron chi connectivity index (χ1n) is 4.70. The number of hydrogen-bond acceptors (Lipinski definition) is 4. The Morgan fingerprint density at radius 2 is 2.29 bits per heavy atom. The minimum absolute atomic E-state index is 0.607. The molecule has 1 aromatic heterocycles. The molecule has 0 saturated carbocycles. The third-order valence-corrected chi connectivity index (χ3v) is 3.08. The summed E-state index contributed by atoms with van der Waals surface area (Å²) < 4.78 is 36.9. The van der Waals surface area contributed by atoms with Crippen molar-refractivity contribution in [1.82, 2.24) is 9.88 Å². The number of alkyl halides is 3. The number of halogens is 3. The van der Waals surface area contributed by atoms with E-state index in [2.05, 4.69) is 4.98 Å². The monoisotopic (exact) mass is 268 g/mol. The zero-order valence-electron chi connectivity index (χ0n) is 8.94. The van der Waals surface area contributed by atoms with Gasteiger partial charge in [0.25, 0.3) is 0 Å². The maximum absolute atomic E-state index is 12.3. The largest absolute Gasteiger partial charge is 0.480 e. The van der Waals surface area contributed by atoms with Gasteiger partial charge in [-0.05, 0) is 6.92 Å². The first-order chi connectivity index (χ1) is 7.79. The van der Waals surface area contributed by atoms with Gasteiger partial charge in [-0.25, -0.2) is 0 Å². The topological polar surface area (TPSA) is 53.4 Å². The maximum atomic E-state index is 12.3. The van der Waals surface area contributed by atoms with Gasteiger partial charge in [0.05, 0.1) is 18.6 Å². The van der Waals surface area contributed by atoms with Crippen LogP contribution in [0.4, 0.5) is 13.2 Å². The maximum Gasteiger partial charge on any atom is 0.401 e. The Labute approximate surface area is 99.7 Å². The van der Waals surface area contributed by atoms with E-state index >= 15 is 0 Å². The third kappa shape index (κ3) is 4.70. The van der Waals surface area contributed by atoms with Gasteiger partial charge in [-0.2, -0.15) is 13.2 Å². The van der Waals surface area contributed by atoms with Gasteiger partial charge in [-0.3, -0.25) is 14.7 Å². The molecule has 1 rings (SSSR count). The Morgan fingerprint density at radius 3 is 2.71 bits per heavy atom. The van der Waals surface area contributed by atoms with Crippen LogP contribution in [0.15, 0.2) is 11.7 Å². The van der Waals surface area contributed by atoms with Crippen LogP contribution in [0.1, 0.15) is 17.8 Å². The van der Waals surface area contributed by atoms with Crippen LogP contribution in [-0.2, 0) is 4.79 Å². The van der Waals surface area contributed by atoms with Gasteiger partial charge in [0.2, 0.25) is 0 Å². The Kier molecular flexibility index (Phi) is 4.47. The first kappa shape index (κ1) is 13.9. The molecule has 0 amide bonds. The minimum Gasteiger partial charge on any atom is -0.480 e. The van der Waals surface area contributed by atoms with Gasteiger partial charge in [-0.15, -0.1) is 11.3 Å². The van der Waals surface area contributed by atoms with Crippen molar-refractivity contribution in [2.45, 2.75) is 19.1 Å². The summed E-state index contributed by atoms with van der Waals surface area (Å²) in [5.41, 5.74) is 1.50. The number of carbonyl (C=O) groups is 1. The molecule has 0 aliphatic rings. The molecule has 1 aromatic rings. The van der Waals surface area contributed by atoms with E-state index in [9.17, 15) is 18.0 Å². The molecule has 1 N–H and O–H groups in total. The number of rotatable bonds is 5. The first-order valence-corrected chi connectivity index (χ1v) is 5.58. The van der Waals surface area contributed by atoms with Gasteiger partial charge >= 0.3 is 12.1 Å². The lowest BCUT2D eigenvalue weighted by molar-refractivity contribution is -0.157. The Morgan fingerprint density at radius 1 is 1.65 bits per heavy atom. The molecule has 0 saturated heterocycles. The van der Waals surface area contributed by atoms with Crippen LogP contribution >= 0.6 is 11.3 Å². The van der Waals surface area contributed by atoms with E-state index < -0.39 is 31.3 Å². The van der Waals surface area contributed by atoms with Crippen molar-refractivity contribution in [1.29, 1.82) is 0 Å². The predicted octanol–water partition coefficient (Wildman–Crippen LogP) is 2.15. The lowest BCUT2D eigenvalue weighted by Gasteiger charge is -2.27. The summed E-state index contributed by atoms with van der Waals surface area (Å²) in [4.78, 5) is 15.8. The van der Waals surface area contributed by atoms with Crippen LogP contribution in [0, 0.1) is 0 Å². The average Bonchev–Trinajstić information content (AvgIpc) is 2.65. The van der Waals surface area contributed by atoms with Gasteiger partial charge in [-0.1, -0.05) is 0 Å².